The van der Waals surface area contributed by atoms with Crippen molar-refractivity contribution in [3.8, 4) is 5.75 Å². The summed E-state index contributed by atoms with van der Waals surface area (Å²) in [6.45, 7) is 0. The minimum Gasteiger partial charge on any atom is -0.507 e. The zero-order chi connectivity index (χ0) is 13.8. The van der Waals surface area contributed by atoms with Crippen molar-refractivity contribution < 1.29 is 9.90 Å². The lowest BCUT2D eigenvalue weighted by Crippen LogP contribution is -2.12. The Morgan fingerprint density at radius 1 is 1.16 bits per heavy atom. The van der Waals surface area contributed by atoms with Crippen LogP contribution in [0.3, 0.4) is 0 Å². The predicted molar refractivity (Wildman–Crippen MR) is 82.8 cm³/mol. The van der Waals surface area contributed by atoms with Crippen LogP contribution in [-0.2, 0) is 5.33 Å². The second kappa shape index (κ2) is 6.21. The largest absolute Gasteiger partial charge is 0.507 e. The van der Waals surface area contributed by atoms with E-state index in [1.165, 1.54) is 6.07 Å². The Balaban J connectivity index is 2.18. The number of phenolic OH excluding ortho intramolecular Hbond substituents is 1. The molecule has 2 N–H and O–H groups in total. The topological polar surface area (TPSA) is 49.3 Å². The molecule has 0 radical (unpaired) electrons. The van der Waals surface area contributed by atoms with Crippen LogP contribution in [0.2, 0.25) is 0 Å². The molecular weight excluding hydrogens is 374 g/mol. The van der Waals surface area contributed by atoms with Gasteiger partial charge in [-0.3, -0.25) is 4.79 Å². The van der Waals surface area contributed by atoms with Gasteiger partial charge in [0.25, 0.3) is 5.91 Å². The molecule has 19 heavy (non-hydrogen) atoms. The van der Waals surface area contributed by atoms with E-state index in [-0.39, 0.29) is 17.2 Å². The van der Waals surface area contributed by atoms with Gasteiger partial charge in [-0.2, -0.15) is 0 Å². The second-order valence-corrected chi connectivity index (χ2v) is 5.42. The Hall–Kier alpha value is -1.33. The number of hydrogen-bond acceptors (Lipinski definition) is 2. The third-order valence-electron chi connectivity index (χ3n) is 2.57. The summed E-state index contributed by atoms with van der Waals surface area (Å²) < 4.78 is 0.741. The molecule has 0 aliphatic carbocycles. The number of amides is 1. The zero-order valence-electron chi connectivity index (χ0n) is 9.86. The Morgan fingerprint density at radius 2 is 1.84 bits per heavy atom. The molecule has 0 aliphatic heterocycles. The van der Waals surface area contributed by atoms with E-state index in [4.69, 9.17) is 0 Å². The van der Waals surface area contributed by atoms with Crippen LogP contribution in [0.5, 0.6) is 5.75 Å². The molecule has 0 fully saturated rings. The van der Waals surface area contributed by atoms with Crippen LogP contribution in [0.25, 0.3) is 0 Å². The van der Waals surface area contributed by atoms with E-state index < -0.39 is 0 Å². The SMILES string of the molecule is O=C(Nc1ccc(CBr)cc1)c1cc(Br)ccc1O. The standard InChI is InChI=1S/C14H11Br2NO2/c15-8-9-1-4-11(5-2-9)17-14(19)12-7-10(16)3-6-13(12)18/h1-7,18H,8H2,(H,17,19). The van der Waals surface area contributed by atoms with Crippen molar-refractivity contribution in [1.82, 2.24) is 0 Å². The van der Waals surface area contributed by atoms with Crippen molar-refractivity contribution in [2.75, 3.05) is 5.32 Å². The van der Waals surface area contributed by atoms with Crippen molar-refractivity contribution in [2.45, 2.75) is 5.33 Å². The van der Waals surface area contributed by atoms with Gasteiger partial charge < -0.3 is 10.4 Å². The van der Waals surface area contributed by atoms with E-state index in [1.807, 2.05) is 24.3 Å². The molecule has 0 saturated heterocycles. The van der Waals surface area contributed by atoms with E-state index >= 15 is 0 Å². The molecule has 0 unspecified atom stereocenters. The lowest BCUT2D eigenvalue weighted by molar-refractivity contribution is 0.102. The number of alkyl halides is 1. The van der Waals surface area contributed by atoms with Crippen LogP contribution in [0.4, 0.5) is 5.69 Å². The van der Waals surface area contributed by atoms with Crippen LogP contribution in [0.15, 0.2) is 46.9 Å². The van der Waals surface area contributed by atoms with Crippen molar-refractivity contribution >= 4 is 43.5 Å². The van der Waals surface area contributed by atoms with E-state index in [0.29, 0.717) is 5.69 Å². The molecule has 0 saturated carbocycles. The fraction of sp³-hybridized carbons (Fsp3) is 0.0714. The Bertz CT molecular complexity index is 597. The first-order valence-electron chi connectivity index (χ1n) is 5.55. The summed E-state index contributed by atoms with van der Waals surface area (Å²) in [5, 5.41) is 13.2. The van der Waals surface area contributed by atoms with E-state index in [9.17, 15) is 9.90 Å². The molecule has 0 atom stereocenters. The average Bonchev–Trinajstić information content (AvgIpc) is 2.42. The molecule has 2 aromatic rings. The minimum absolute atomic E-state index is 0.0437. The van der Waals surface area contributed by atoms with Crippen LogP contribution in [-0.4, -0.2) is 11.0 Å². The smallest absolute Gasteiger partial charge is 0.259 e. The normalized spacial score (nSPS) is 10.2. The fourth-order valence-electron chi connectivity index (χ4n) is 1.57. The number of halogens is 2. The summed E-state index contributed by atoms with van der Waals surface area (Å²) in [5.74, 6) is -0.386. The maximum Gasteiger partial charge on any atom is 0.259 e. The Morgan fingerprint density at radius 3 is 2.47 bits per heavy atom. The van der Waals surface area contributed by atoms with Gasteiger partial charge in [-0.15, -0.1) is 0 Å². The van der Waals surface area contributed by atoms with E-state index in [1.54, 1.807) is 12.1 Å². The molecule has 98 valence electrons. The number of anilines is 1. The van der Waals surface area contributed by atoms with E-state index in [0.717, 1.165) is 15.4 Å². The summed E-state index contributed by atoms with van der Waals surface area (Å²) in [5.41, 5.74) is 2.05. The first-order valence-corrected chi connectivity index (χ1v) is 7.46. The maximum atomic E-state index is 12.0. The van der Waals surface area contributed by atoms with E-state index in [2.05, 4.69) is 37.2 Å². The number of nitrogens with one attached hydrogen (secondary N) is 1. The average molecular weight is 385 g/mol. The fourth-order valence-corrected chi connectivity index (χ4v) is 2.30. The summed E-state index contributed by atoms with van der Waals surface area (Å²) in [6.07, 6.45) is 0. The summed E-state index contributed by atoms with van der Waals surface area (Å²) in [6, 6.07) is 12.2. The number of rotatable bonds is 3. The van der Waals surface area contributed by atoms with Gasteiger partial charge in [0.1, 0.15) is 5.75 Å². The molecule has 1 amide bonds. The maximum absolute atomic E-state index is 12.0. The van der Waals surface area contributed by atoms with Crippen LogP contribution >= 0.6 is 31.9 Å². The number of carbonyl (C=O) groups is 1. The first-order chi connectivity index (χ1) is 9.10. The molecule has 0 bridgehead atoms. The van der Waals surface area contributed by atoms with Gasteiger partial charge in [-0.1, -0.05) is 44.0 Å². The number of aromatic hydroxyl groups is 1. The van der Waals surface area contributed by atoms with Gasteiger partial charge in [0, 0.05) is 15.5 Å². The van der Waals surface area contributed by atoms with Crippen molar-refractivity contribution in [2.24, 2.45) is 0 Å². The summed E-state index contributed by atoms with van der Waals surface area (Å²) in [7, 11) is 0. The predicted octanol–water partition coefficient (Wildman–Crippen LogP) is 4.30. The number of benzene rings is 2. The molecule has 0 spiro atoms. The Kier molecular flexibility index (Phi) is 4.61. The minimum atomic E-state index is -0.342. The van der Waals surface area contributed by atoms with Gasteiger partial charge in [0.15, 0.2) is 0 Å². The van der Waals surface area contributed by atoms with Crippen molar-refractivity contribution in [1.29, 1.82) is 0 Å². The zero-order valence-corrected chi connectivity index (χ0v) is 13.0. The lowest BCUT2D eigenvalue weighted by Gasteiger charge is -2.07. The monoisotopic (exact) mass is 383 g/mol. The quantitative estimate of drug-likeness (QED) is 0.775. The third kappa shape index (κ3) is 3.58. The molecule has 2 rings (SSSR count). The molecule has 0 aliphatic rings. The molecule has 5 heteroatoms. The van der Waals surface area contributed by atoms with Gasteiger partial charge in [-0.05, 0) is 35.9 Å². The number of hydrogen-bond donors (Lipinski definition) is 2. The highest BCUT2D eigenvalue weighted by Gasteiger charge is 2.11. The highest BCUT2D eigenvalue weighted by Crippen LogP contribution is 2.23. The van der Waals surface area contributed by atoms with Gasteiger partial charge >= 0.3 is 0 Å². The summed E-state index contributed by atoms with van der Waals surface area (Å²) in [4.78, 5) is 12.0. The molecule has 2 aromatic carbocycles. The van der Waals surface area contributed by atoms with Gasteiger partial charge in [-0.25, -0.2) is 0 Å². The third-order valence-corrected chi connectivity index (χ3v) is 3.71. The molecule has 0 aromatic heterocycles. The lowest BCUT2D eigenvalue weighted by atomic mass is 10.1. The highest BCUT2D eigenvalue weighted by molar-refractivity contribution is 9.10. The van der Waals surface area contributed by atoms with Gasteiger partial charge in [0.05, 0.1) is 5.56 Å². The number of carbonyl (C=O) groups excluding carboxylic acids is 1. The molecule has 0 heterocycles. The number of phenols is 1. The summed E-state index contributed by atoms with van der Waals surface area (Å²) >= 11 is 6.63. The van der Waals surface area contributed by atoms with Crippen molar-refractivity contribution in [3.63, 3.8) is 0 Å². The molecular formula is C14H11Br2NO2. The molecule has 3 nitrogen and oxygen atoms in total. The van der Waals surface area contributed by atoms with Crippen LogP contribution in [0, 0.1) is 0 Å². The first kappa shape index (κ1) is 14.1. The van der Waals surface area contributed by atoms with Gasteiger partial charge in [0.2, 0.25) is 0 Å². The van der Waals surface area contributed by atoms with Crippen molar-refractivity contribution in [3.05, 3.63) is 58.1 Å². The van der Waals surface area contributed by atoms with Crippen LogP contribution in [0.1, 0.15) is 15.9 Å². The second-order valence-electron chi connectivity index (χ2n) is 3.95. The highest BCUT2D eigenvalue weighted by atomic mass is 79.9. The van der Waals surface area contributed by atoms with Crippen LogP contribution < -0.4 is 5.32 Å². The Labute approximate surface area is 127 Å².